The van der Waals surface area contributed by atoms with Crippen LogP contribution in [0.15, 0.2) is 36.4 Å². The van der Waals surface area contributed by atoms with Gasteiger partial charge in [0.1, 0.15) is 0 Å². The number of anilines is 1. The van der Waals surface area contributed by atoms with E-state index in [1.165, 1.54) is 0 Å². The van der Waals surface area contributed by atoms with E-state index in [2.05, 4.69) is 42.1 Å². The summed E-state index contributed by atoms with van der Waals surface area (Å²) in [5.41, 5.74) is 4.23. The Kier molecular flexibility index (Phi) is 4.26. The van der Waals surface area contributed by atoms with Crippen LogP contribution in [0.1, 0.15) is 25.0 Å². The highest BCUT2D eigenvalue weighted by Crippen LogP contribution is 2.30. The summed E-state index contributed by atoms with van der Waals surface area (Å²) in [6.45, 7) is 7.11. The maximum Gasteiger partial charge on any atom is 0.201 e. The number of aromatic amines is 1. The number of nitrogens with one attached hydrogen (secondary N) is 2. The molecule has 23 heavy (non-hydrogen) atoms. The van der Waals surface area contributed by atoms with Crippen LogP contribution in [0.2, 0.25) is 10.0 Å². The Hall–Kier alpha value is -1.71. The van der Waals surface area contributed by atoms with Gasteiger partial charge in [-0.3, -0.25) is 0 Å². The summed E-state index contributed by atoms with van der Waals surface area (Å²) in [6.07, 6.45) is 0. The van der Waals surface area contributed by atoms with Gasteiger partial charge >= 0.3 is 0 Å². The van der Waals surface area contributed by atoms with E-state index in [1.54, 1.807) is 0 Å². The molecule has 0 spiro atoms. The fraction of sp³-hybridized carbons (Fsp3) is 0.278. The molecular formula is C18H19Cl2N3. The Morgan fingerprint density at radius 3 is 2.61 bits per heavy atom. The average molecular weight is 348 g/mol. The number of aromatic nitrogens is 2. The molecule has 0 radical (unpaired) electrons. The number of hydrogen-bond acceptors (Lipinski definition) is 2. The molecule has 0 aliphatic rings. The van der Waals surface area contributed by atoms with Crippen molar-refractivity contribution in [3.05, 3.63) is 57.6 Å². The lowest BCUT2D eigenvalue weighted by molar-refractivity contribution is 0.555. The standard InChI is InChI=1S/C18H19Cl2N3/c1-11-5-4-6-15-16(11)23-17(22-15)21-10-18(2,3)12-7-8-13(19)14(20)9-12/h4-9H,10H2,1-3H3,(H2,21,22,23). The van der Waals surface area contributed by atoms with Crippen LogP contribution < -0.4 is 5.32 Å². The van der Waals surface area contributed by atoms with Gasteiger partial charge in [-0.05, 0) is 36.2 Å². The lowest BCUT2D eigenvalue weighted by Crippen LogP contribution is -2.28. The molecule has 3 nitrogen and oxygen atoms in total. The van der Waals surface area contributed by atoms with Crippen molar-refractivity contribution in [1.29, 1.82) is 0 Å². The van der Waals surface area contributed by atoms with Gasteiger partial charge in [0.2, 0.25) is 5.95 Å². The van der Waals surface area contributed by atoms with Gasteiger partial charge in [-0.2, -0.15) is 0 Å². The Bertz CT molecular complexity index is 853. The average Bonchev–Trinajstić information content (AvgIpc) is 2.93. The summed E-state index contributed by atoms with van der Waals surface area (Å²) < 4.78 is 0. The van der Waals surface area contributed by atoms with Crippen LogP contribution >= 0.6 is 23.2 Å². The Labute approximate surface area is 146 Å². The molecule has 2 N–H and O–H groups in total. The second-order valence-electron chi connectivity index (χ2n) is 6.42. The summed E-state index contributed by atoms with van der Waals surface area (Å²) in [5, 5.41) is 4.55. The molecule has 2 aromatic carbocycles. The zero-order valence-electron chi connectivity index (χ0n) is 13.4. The number of halogens is 2. The van der Waals surface area contributed by atoms with Gasteiger partial charge in [-0.25, -0.2) is 4.98 Å². The third-order valence-corrected chi connectivity index (χ3v) is 4.85. The highest BCUT2D eigenvalue weighted by molar-refractivity contribution is 6.42. The number of imidazole rings is 1. The normalized spacial score (nSPS) is 11.9. The lowest BCUT2D eigenvalue weighted by atomic mass is 9.84. The largest absolute Gasteiger partial charge is 0.355 e. The summed E-state index contributed by atoms with van der Waals surface area (Å²) in [4.78, 5) is 7.94. The molecule has 5 heteroatoms. The molecule has 0 aliphatic heterocycles. The lowest BCUT2D eigenvalue weighted by Gasteiger charge is -2.26. The predicted octanol–water partition coefficient (Wildman–Crippen LogP) is 5.57. The van der Waals surface area contributed by atoms with Crippen molar-refractivity contribution in [2.45, 2.75) is 26.2 Å². The van der Waals surface area contributed by atoms with E-state index in [0.717, 1.165) is 34.7 Å². The number of aryl methyl sites for hydroxylation is 1. The Balaban J connectivity index is 1.79. The van der Waals surface area contributed by atoms with Crippen LogP contribution in [-0.2, 0) is 5.41 Å². The number of benzene rings is 2. The molecule has 120 valence electrons. The minimum atomic E-state index is -0.109. The Morgan fingerprint density at radius 2 is 1.91 bits per heavy atom. The van der Waals surface area contributed by atoms with Crippen LogP contribution in [0.4, 0.5) is 5.95 Å². The van der Waals surface area contributed by atoms with E-state index >= 15 is 0 Å². The van der Waals surface area contributed by atoms with E-state index in [1.807, 2.05) is 30.3 Å². The first-order chi connectivity index (χ1) is 10.9. The van der Waals surface area contributed by atoms with Gasteiger partial charge in [-0.15, -0.1) is 0 Å². The van der Waals surface area contributed by atoms with Gasteiger partial charge in [0.15, 0.2) is 0 Å². The van der Waals surface area contributed by atoms with Gasteiger partial charge in [0.05, 0.1) is 21.1 Å². The zero-order chi connectivity index (χ0) is 16.6. The molecule has 1 heterocycles. The summed E-state index contributed by atoms with van der Waals surface area (Å²) in [7, 11) is 0. The van der Waals surface area contributed by atoms with E-state index < -0.39 is 0 Å². The molecule has 0 saturated heterocycles. The first-order valence-electron chi connectivity index (χ1n) is 7.51. The van der Waals surface area contributed by atoms with Crippen LogP contribution in [0.3, 0.4) is 0 Å². The van der Waals surface area contributed by atoms with E-state index in [4.69, 9.17) is 23.2 Å². The highest BCUT2D eigenvalue weighted by atomic mass is 35.5. The number of nitrogens with zero attached hydrogens (tertiary/aromatic N) is 1. The van der Waals surface area contributed by atoms with Crippen molar-refractivity contribution >= 4 is 40.2 Å². The van der Waals surface area contributed by atoms with E-state index in [-0.39, 0.29) is 5.41 Å². The third kappa shape index (κ3) is 3.31. The number of hydrogen-bond donors (Lipinski definition) is 2. The minimum Gasteiger partial charge on any atom is -0.355 e. The van der Waals surface area contributed by atoms with Crippen molar-refractivity contribution in [1.82, 2.24) is 9.97 Å². The van der Waals surface area contributed by atoms with Gasteiger partial charge < -0.3 is 10.3 Å². The maximum absolute atomic E-state index is 6.14. The smallest absolute Gasteiger partial charge is 0.201 e. The molecule has 0 saturated carbocycles. The first kappa shape index (κ1) is 16.2. The Morgan fingerprint density at radius 1 is 1.13 bits per heavy atom. The molecule has 0 bridgehead atoms. The van der Waals surface area contributed by atoms with Crippen molar-refractivity contribution in [3.8, 4) is 0 Å². The molecule has 0 atom stereocenters. The van der Waals surface area contributed by atoms with Crippen molar-refractivity contribution in [2.24, 2.45) is 0 Å². The topological polar surface area (TPSA) is 40.7 Å². The summed E-state index contributed by atoms with van der Waals surface area (Å²) in [5.74, 6) is 0.780. The minimum absolute atomic E-state index is 0.109. The number of H-pyrrole nitrogens is 1. The predicted molar refractivity (Wildman–Crippen MR) is 98.8 cm³/mol. The SMILES string of the molecule is Cc1cccc2[nH]c(NCC(C)(C)c3ccc(Cl)c(Cl)c3)nc12. The number of fused-ring (bicyclic) bond motifs is 1. The molecule has 3 aromatic rings. The molecule has 3 rings (SSSR count). The quantitative estimate of drug-likeness (QED) is 0.647. The molecule has 1 aromatic heterocycles. The zero-order valence-corrected chi connectivity index (χ0v) is 14.9. The number of para-hydroxylation sites is 1. The van der Waals surface area contributed by atoms with E-state index in [0.29, 0.717) is 10.0 Å². The second-order valence-corrected chi connectivity index (χ2v) is 7.24. The van der Waals surface area contributed by atoms with Gasteiger partial charge in [0, 0.05) is 12.0 Å². The molecular weight excluding hydrogens is 329 g/mol. The molecule has 0 amide bonds. The second kappa shape index (κ2) is 6.06. The maximum atomic E-state index is 6.14. The third-order valence-electron chi connectivity index (χ3n) is 4.11. The van der Waals surface area contributed by atoms with Crippen LogP contribution in [-0.4, -0.2) is 16.5 Å². The van der Waals surface area contributed by atoms with Crippen molar-refractivity contribution < 1.29 is 0 Å². The van der Waals surface area contributed by atoms with Crippen molar-refractivity contribution in [2.75, 3.05) is 11.9 Å². The monoisotopic (exact) mass is 347 g/mol. The fourth-order valence-electron chi connectivity index (χ4n) is 2.58. The number of rotatable bonds is 4. The van der Waals surface area contributed by atoms with Crippen LogP contribution in [0.5, 0.6) is 0 Å². The van der Waals surface area contributed by atoms with Crippen LogP contribution in [0, 0.1) is 6.92 Å². The molecule has 0 aliphatic carbocycles. The van der Waals surface area contributed by atoms with E-state index in [9.17, 15) is 0 Å². The highest BCUT2D eigenvalue weighted by Gasteiger charge is 2.22. The molecule has 0 fully saturated rings. The van der Waals surface area contributed by atoms with Gasteiger partial charge in [-0.1, -0.05) is 55.2 Å². The van der Waals surface area contributed by atoms with Crippen molar-refractivity contribution in [3.63, 3.8) is 0 Å². The summed E-state index contributed by atoms with van der Waals surface area (Å²) >= 11 is 12.1. The first-order valence-corrected chi connectivity index (χ1v) is 8.27. The van der Waals surface area contributed by atoms with Crippen LogP contribution in [0.25, 0.3) is 11.0 Å². The molecule has 0 unspecified atom stereocenters. The summed E-state index contributed by atoms with van der Waals surface area (Å²) in [6, 6.07) is 11.9. The van der Waals surface area contributed by atoms with Gasteiger partial charge in [0.25, 0.3) is 0 Å². The fourth-order valence-corrected chi connectivity index (χ4v) is 2.88.